The van der Waals surface area contributed by atoms with Crippen LogP contribution in [0.3, 0.4) is 0 Å². The predicted molar refractivity (Wildman–Crippen MR) is 81.2 cm³/mol. The van der Waals surface area contributed by atoms with Crippen LogP contribution in [0.4, 0.5) is 5.69 Å². The molecule has 0 fully saturated rings. The topological polar surface area (TPSA) is 79.0 Å². The molecule has 2 N–H and O–H groups in total. The van der Waals surface area contributed by atoms with Gasteiger partial charge in [0, 0.05) is 29.2 Å². The molecular formula is C15H13ClN2O3. The molecule has 0 radical (unpaired) electrons. The molecule has 0 saturated carbocycles. The van der Waals surface area contributed by atoms with Gasteiger partial charge in [0.2, 0.25) is 0 Å². The zero-order chi connectivity index (χ0) is 15.6. The summed E-state index contributed by atoms with van der Waals surface area (Å²) in [7, 11) is 0. The number of pyridine rings is 1. The molecule has 0 unspecified atom stereocenters. The molecule has 1 aromatic heterocycles. The minimum absolute atomic E-state index is 0.00682. The summed E-state index contributed by atoms with van der Waals surface area (Å²) in [5.74, 6) is -0.698. The Labute approximate surface area is 126 Å². The van der Waals surface area contributed by atoms with Crippen LogP contribution in [0.1, 0.15) is 33.3 Å². The van der Waals surface area contributed by atoms with Crippen LogP contribution in [0.5, 0.6) is 0 Å². The Balaban J connectivity index is 2.26. The summed E-state index contributed by atoms with van der Waals surface area (Å²) in [5, 5.41) is 2.82. The van der Waals surface area contributed by atoms with E-state index in [0.717, 1.165) is 0 Å². The number of benzene rings is 1. The number of hydrogen-bond donors (Lipinski definition) is 2. The molecule has 2 rings (SSSR count). The fourth-order valence-corrected chi connectivity index (χ4v) is 2.14. The summed E-state index contributed by atoms with van der Waals surface area (Å²) in [6.45, 7) is 3.13. The van der Waals surface area contributed by atoms with Gasteiger partial charge < -0.3 is 10.3 Å². The maximum absolute atomic E-state index is 12.0. The van der Waals surface area contributed by atoms with E-state index in [9.17, 15) is 14.4 Å². The van der Waals surface area contributed by atoms with Crippen molar-refractivity contribution in [1.82, 2.24) is 4.98 Å². The summed E-state index contributed by atoms with van der Waals surface area (Å²) in [4.78, 5) is 37.9. The molecule has 1 aromatic carbocycles. The molecule has 2 aromatic rings. The number of ketones is 1. The van der Waals surface area contributed by atoms with Crippen LogP contribution in [-0.4, -0.2) is 16.7 Å². The summed E-state index contributed by atoms with van der Waals surface area (Å²) in [5.41, 5.74) is 1.10. The lowest BCUT2D eigenvalue weighted by molar-refractivity contribution is 0.101. The van der Waals surface area contributed by atoms with Gasteiger partial charge in [-0.3, -0.25) is 14.4 Å². The van der Waals surface area contributed by atoms with Crippen molar-refractivity contribution in [3.05, 3.63) is 62.5 Å². The molecule has 5 nitrogen and oxygen atoms in total. The van der Waals surface area contributed by atoms with Crippen LogP contribution in [-0.2, 0) is 0 Å². The molecule has 0 aliphatic rings. The lowest BCUT2D eigenvalue weighted by Crippen LogP contribution is -2.21. The van der Waals surface area contributed by atoms with E-state index in [1.807, 2.05) is 0 Å². The van der Waals surface area contributed by atoms with E-state index in [2.05, 4.69) is 10.3 Å². The smallest absolute Gasteiger partial charge is 0.261 e. The number of aromatic nitrogens is 1. The van der Waals surface area contributed by atoms with E-state index in [-0.39, 0.29) is 21.8 Å². The van der Waals surface area contributed by atoms with Gasteiger partial charge in [0.15, 0.2) is 11.2 Å². The van der Waals surface area contributed by atoms with E-state index in [0.29, 0.717) is 16.9 Å². The van der Waals surface area contributed by atoms with Crippen molar-refractivity contribution in [2.75, 3.05) is 5.32 Å². The van der Waals surface area contributed by atoms with Gasteiger partial charge in [-0.05, 0) is 32.0 Å². The summed E-state index contributed by atoms with van der Waals surface area (Å²) < 4.78 is 0. The van der Waals surface area contributed by atoms with Gasteiger partial charge in [-0.15, -0.1) is 0 Å². The Kier molecular flexibility index (Phi) is 4.23. The first kappa shape index (κ1) is 15.0. The summed E-state index contributed by atoms with van der Waals surface area (Å²) in [6.07, 6.45) is 1.36. The van der Waals surface area contributed by atoms with Gasteiger partial charge in [0.25, 0.3) is 5.91 Å². The molecule has 6 heteroatoms. The Morgan fingerprint density at radius 1 is 1.19 bits per heavy atom. The van der Waals surface area contributed by atoms with Crippen molar-refractivity contribution in [3.63, 3.8) is 0 Å². The number of aryl methyl sites for hydroxylation is 1. The fourth-order valence-electron chi connectivity index (χ4n) is 1.83. The van der Waals surface area contributed by atoms with E-state index in [4.69, 9.17) is 11.6 Å². The van der Waals surface area contributed by atoms with Gasteiger partial charge in [-0.1, -0.05) is 11.6 Å². The Morgan fingerprint density at radius 3 is 2.48 bits per heavy atom. The van der Waals surface area contributed by atoms with Gasteiger partial charge >= 0.3 is 0 Å². The quantitative estimate of drug-likeness (QED) is 0.856. The second-order valence-corrected chi connectivity index (χ2v) is 5.01. The van der Waals surface area contributed by atoms with Crippen molar-refractivity contribution < 1.29 is 9.59 Å². The van der Waals surface area contributed by atoms with E-state index in [1.54, 1.807) is 13.0 Å². The molecule has 0 aliphatic carbocycles. The number of hydrogen-bond acceptors (Lipinski definition) is 3. The number of Topliss-reactive ketones (excluding diaryl/α,β-unsaturated/α-hetero) is 1. The zero-order valence-electron chi connectivity index (χ0n) is 11.5. The van der Waals surface area contributed by atoms with Crippen molar-refractivity contribution in [2.24, 2.45) is 0 Å². The van der Waals surface area contributed by atoms with Gasteiger partial charge in [-0.2, -0.15) is 0 Å². The molecule has 1 heterocycles. The largest absolute Gasteiger partial charge is 0.364 e. The number of amides is 1. The maximum atomic E-state index is 12.0. The number of carbonyl (C=O) groups is 2. The van der Waals surface area contributed by atoms with Gasteiger partial charge in [0.1, 0.15) is 5.56 Å². The third-order valence-electron chi connectivity index (χ3n) is 2.91. The Hall–Kier alpha value is -2.40. The maximum Gasteiger partial charge on any atom is 0.261 e. The fraction of sp³-hybridized carbons (Fsp3) is 0.133. The monoisotopic (exact) mass is 304 g/mol. The number of rotatable bonds is 3. The number of carbonyl (C=O) groups excluding carboxylic acids is 2. The third-order valence-corrected chi connectivity index (χ3v) is 3.22. The van der Waals surface area contributed by atoms with Gasteiger partial charge in [-0.25, -0.2) is 0 Å². The van der Waals surface area contributed by atoms with Crippen LogP contribution in [0.25, 0.3) is 0 Å². The SMILES string of the molecule is CC(=O)c1ccc(NC(=O)c2c[nH]c(C)cc2=O)cc1Cl. The molecule has 0 spiro atoms. The first-order chi connectivity index (χ1) is 9.88. The van der Waals surface area contributed by atoms with E-state index in [1.165, 1.54) is 31.3 Å². The summed E-state index contributed by atoms with van der Waals surface area (Å²) in [6, 6.07) is 5.90. The van der Waals surface area contributed by atoms with Gasteiger partial charge in [0.05, 0.1) is 5.02 Å². The minimum Gasteiger partial charge on any atom is -0.364 e. The third kappa shape index (κ3) is 3.38. The minimum atomic E-state index is -0.539. The Bertz CT molecular complexity index is 781. The normalized spacial score (nSPS) is 10.2. The number of halogens is 1. The highest BCUT2D eigenvalue weighted by atomic mass is 35.5. The lowest BCUT2D eigenvalue weighted by Gasteiger charge is -2.07. The number of nitrogens with one attached hydrogen (secondary N) is 2. The van der Waals surface area contributed by atoms with Crippen molar-refractivity contribution in [2.45, 2.75) is 13.8 Å². The second-order valence-electron chi connectivity index (χ2n) is 4.60. The highest BCUT2D eigenvalue weighted by Crippen LogP contribution is 2.21. The zero-order valence-corrected chi connectivity index (χ0v) is 12.2. The molecule has 0 bridgehead atoms. The molecule has 0 atom stereocenters. The molecule has 21 heavy (non-hydrogen) atoms. The lowest BCUT2D eigenvalue weighted by atomic mass is 10.1. The average Bonchev–Trinajstić information content (AvgIpc) is 2.37. The highest BCUT2D eigenvalue weighted by molar-refractivity contribution is 6.34. The predicted octanol–water partition coefficient (Wildman–Crippen LogP) is 2.79. The molecule has 108 valence electrons. The van der Waals surface area contributed by atoms with Crippen molar-refractivity contribution in [1.29, 1.82) is 0 Å². The second kappa shape index (κ2) is 5.93. The first-order valence-corrected chi connectivity index (χ1v) is 6.57. The van der Waals surface area contributed by atoms with Crippen LogP contribution in [0.15, 0.2) is 35.3 Å². The molecule has 0 aliphatic heterocycles. The number of aromatic amines is 1. The Morgan fingerprint density at radius 2 is 1.90 bits per heavy atom. The van der Waals surface area contributed by atoms with Crippen LogP contribution < -0.4 is 10.7 Å². The van der Waals surface area contributed by atoms with Crippen LogP contribution in [0.2, 0.25) is 5.02 Å². The highest BCUT2D eigenvalue weighted by Gasteiger charge is 2.12. The molecule has 1 amide bonds. The standard InChI is InChI=1S/C15H13ClN2O3/c1-8-5-14(20)12(7-17-8)15(21)18-10-3-4-11(9(2)19)13(16)6-10/h3-7H,1-2H3,(H,17,20)(H,18,21). The molecular weight excluding hydrogens is 292 g/mol. The number of anilines is 1. The van der Waals surface area contributed by atoms with Crippen LogP contribution >= 0.6 is 11.6 Å². The van der Waals surface area contributed by atoms with Crippen LogP contribution in [0, 0.1) is 6.92 Å². The first-order valence-electron chi connectivity index (χ1n) is 6.19. The van der Waals surface area contributed by atoms with Crippen molar-refractivity contribution >= 4 is 29.0 Å². The van der Waals surface area contributed by atoms with E-state index < -0.39 is 5.91 Å². The average molecular weight is 305 g/mol. The number of H-pyrrole nitrogens is 1. The molecule has 0 saturated heterocycles. The van der Waals surface area contributed by atoms with Crippen molar-refractivity contribution in [3.8, 4) is 0 Å². The van der Waals surface area contributed by atoms with E-state index >= 15 is 0 Å². The summed E-state index contributed by atoms with van der Waals surface area (Å²) >= 11 is 5.97.